The van der Waals surface area contributed by atoms with Crippen molar-refractivity contribution in [2.75, 3.05) is 43.1 Å². The van der Waals surface area contributed by atoms with Gasteiger partial charge in [-0.15, -0.1) is 0 Å². The van der Waals surface area contributed by atoms with Gasteiger partial charge in [0.2, 0.25) is 0 Å². The summed E-state index contributed by atoms with van der Waals surface area (Å²) in [4.78, 5) is 16.5. The van der Waals surface area contributed by atoms with E-state index in [-0.39, 0.29) is 0 Å². The van der Waals surface area contributed by atoms with Crippen molar-refractivity contribution in [3.8, 4) is 0 Å². The Labute approximate surface area is 144 Å². The summed E-state index contributed by atoms with van der Waals surface area (Å²) < 4.78 is 5.30. The maximum absolute atomic E-state index is 12.0. The summed E-state index contributed by atoms with van der Waals surface area (Å²) in [6.45, 7) is 7.68. The van der Waals surface area contributed by atoms with Crippen LogP contribution in [0.1, 0.15) is 33.6 Å². The van der Waals surface area contributed by atoms with Crippen LogP contribution in [0.25, 0.3) is 0 Å². The Bertz CT molecular complexity index is 583. The third-order valence-electron chi connectivity index (χ3n) is 4.20. The fourth-order valence-electron chi connectivity index (χ4n) is 3.00. The number of nitrogens with one attached hydrogen (secondary N) is 1. The fraction of sp³-hybridized carbons (Fsp3) is 0.611. The summed E-state index contributed by atoms with van der Waals surface area (Å²) in [6.07, 6.45) is 1.86. The van der Waals surface area contributed by atoms with Gasteiger partial charge in [-0.3, -0.25) is 5.32 Å². The Balaban J connectivity index is 2.11. The number of nitrogens with zero attached hydrogens (tertiary/aromatic N) is 2. The Morgan fingerprint density at radius 2 is 2.12 bits per heavy atom. The van der Waals surface area contributed by atoms with Gasteiger partial charge in [0.15, 0.2) is 0 Å². The minimum Gasteiger partial charge on any atom is -0.444 e. The van der Waals surface area contributed by atoms with Crippen molar-refractivity contribution in [3.63, 3.8) is 0 Å². The summed E-state index contributed by atoms with van der Waals surface area (Å²) in [5.41, 5.74) is 7.97. The van der Waals surface area contributed by atoms with Crippen LogP contribution in [0.15, 0.2) is 18.2 Å². The van der Waals surface area contributed by atoms with Crippen molar-refractivity contribution >= 4 is 23.2 Å². The zero-order chi connectivity index (χ0) is 17.9. The van der Waals surface area contributed by atoms with E-state index in [9.17, 15) is 4.79 Å². The van der Waals surface area contributed by atoms with E-state index in [4.69, 9.17) is 10.5 Å². The van der Waals surface area contributed by atoms with Gasteiger partial charge in [-0.1, -0.05) is 0 Å². The standard InChI is InChI=1S/C18H30N4O2/c1-18(2,3)24-17(23)20-13-8-9-15(19)16(11-13)22(5)14-7-6-10-21(4)12-14/h8-9,11,14H,6-7,10,12,19H2,1-5H3,(H,20,23). The Morgan fingerprint density at radius 3 is 2.75 bits per heavy atom. The molecule has 0 saturated carbocycles. The van der Waals surface area contributed by atoms with Crippen LogP contribution in [0, 0.1) is 0 Å². The first kappa shape index (κ1) is 18.4. The Kier molecular flexibility index (Phi) is 5.59. The highest BCUT2D eigenvalue weighted by Gasteiger charge is 2.23. The number of amides is 1. The molecule has 1 aliphatic rings. The lowest BCUT2D eigenvalue weighted by Crippen LogP contribution is -2.45. The number of nitrogen functional groups attached to an aromatic ring is 1. The summed E-state index contributed by atoms with van der Waals surface area (Å²) in [5, 5.41) is 2.78. The second-order valence-corrected chi connectivity index (χ2v) is 7.57. The van der Waals surface area contributed by atoms with E-state index in [2.05, 4.69) is 29.2 Å². The molecule has 24 heavy (non-hydrogen) atoms. The summed E-state index contributed by atoms with van der Waals surface area (Å²) in [6, 6.07) is 5.95. The van der Waals surface area contributed by atoms with E-state index in [0.717, 1.165) is 25.2 Å². The molecule has 0 aromatic heterocycles. The number of hydrogen-bond donors (Lipinski definition) is 2. The maximum atomic E-state index is 12.0. The van der Waals surface area contributed by atoms with Gasteiger partial charge in [0.05, 0.1) is 11.4 Å². The number of anilines is 3. The molecule has 6 heteroatoms. The molecule has 0 radical (unpaired) electrons. The average molecular weight is 334 g/mol. The van der Waals surface area contributed by atoms with E-state index in [0.29, 0.717) is 17.4 Å². The molecule has 1 aliphatic heterocycles. The fourth-order valence-corrected chi connectivity index (χ4v) is 3.00. The van der Waals surface area contributed by atoms with E-state index in [1.165, 1.54) is 6.42 Å². The minimum absolute atomic E-state index is 0.419. The molecule has 2 rings (SSSR count). The second kappa shape index (κ2) is 7.30. The summed E-state index contributed by atoms with van der Waals surface area (Å²) in [7, 11) is 4.20. The highest BCUT2D eigenvalue weighted by Crippen LogP contribution is 2.30. The molecule has 1 fully saturated rings. The molecule has 1 heterocycles. The van der Waals surface area contributed by atoms with Crippen LogP contribution in [0.2, 0.25) is 0 Å². The highest BCUT2D eigenvalue weighted by molar-refractivity contribution is 5.87. The molecule has 0 aliphatic carbocycles. The molecule has 1 aromatic rings. The molecule has 1 unspecified atom stereocenters. The van der Waals surface area contributed by atoms with E-state index >= 15 is 0 Å². The number of benzene rings is 1. The van der Waals surface area contributed by atoms with E-state index in [1.54, 1.807) is 6.07 Å². The molecule has 0 spiro atoms. The topological polar surface area (TPSA) is 70.8 Å². The highest BCUT2D eigenvalue weighted by atomic mass is 16.6. The molecule has 1 atom stereocenters. The lowest BCUT2D eigenvalue weighted by Gasteiger charge is -2.37. The van der Waals surface area contributed by atoms with Gasteiger partial charge in [0.1, 0.15) is 5.60 Å². The van der Waals surface area contributed by atoms with Crippen LogP contribution in [0.5, 0.6) is 0 Å². The molecule has 6 nitrogen and oxygen atoms in total. The molecule has 1 saturated heterocycles. The molecule has 3 N–H and O–H groups in total. The molecule has 1 aromatic carbocycles. The van der Waals surface area contributed by atoms with Crippen molar-refractivity contribution in [1.29, 1.82) is 0 Å². The molecule has 0 bridgehead atoms. The number of carbonyl (C=O) groups excluding carboxylic acids is 1. The Morgan fingerprint density at radius 1 is 1.42 bits per heavy atom. The number of carbonyl (C=O) groups is 1. The van der Waals surface area contributed by atoms with Crippen LogP contribution in [0.4, 0.5) is 21.9 Å². The third kappa shape index (κ3) is 5.03. The number of rotatable bonds is 3. The van der Waals surface area contributed by atoms with E-state index < -0.39 is 11.7 Å². The number of likely N-dealkylation sites (tertiary alicyclic amines) is 1. The summed E-state index contributed by atoms with van der Waals surface area (Å²) in [5.74, 6) is 0. The first-order chi connectivity index (χ1) is 11.2. The smallest absolute Gasteiger partial charge is 0.412 e. The molecule has 134 valence electrons. The van der Waals surface area contributed by atoms with Crippen LogP contribution in [0.3, 0.4) is 0 Å². The predicted octanol–water partition coefficient (Wildman–Crippen LogP) is 3.15. The van der Waals surface area contributed by atoms with Gasteiger partial charge in [-0.05, 0) is 65.4 Å². The van der Waals surface area contributed by atoms with Crippen molar-refractivity contribution in [3.05, 3.63) is 18.2 Å². The normalized spacial score (nSPS) is 19.0. The van der Waals surface area contributed by atoms with Crippen molar-refractivity contribution in [2.45, 2.75) is 45.3 Å². The van der Waals surface area contributed by atoms with Crippen molar-refractivity contribution in [1.82, 2.24) is 4.90 Å². The maximum Gasteiger partial charge on any atom is 0.412 e. The van der Waals surface area contributed by atoms with E-state index in [1.807, 2.05) is 32.9 Å². The van der Waals surface area contributed by atoms with Gasteiger partial charge in [0, 0.05) is 25.3 Å². The second-order valence-electron chi connectivity index (χ2n) is 7.57. The SMILES string of the molecule is CN1CCCC(N(C)c2cc(NC(=O)OC(C)(C)C)ccc2N)C1. The van der Waals surface area contributed by atoms with Crippen LogP contribution < -0.4 is 16.0 Å². The summed E-state index contributed by atoms with van der Waals surface area (Å²) >= 11 is 0. The zero-order valence-corrected chi connectivity index (χ0v) is 15.4. The first-order valence-electron chi connectivity index (χ1n) is 8.46. The lowest BCUT2D eigenvalue weighted by molar-refractivity contribution is 0.0636. The van der Waals surface area contributed by atoms with Gasteiger partial charge >= 0.3 is 6.09 Å². The predicted molar refractivity (Wildman–Crippen MR) is 99.6 cm³/mol. The molecule has 1 amide bonds. The number of nitrogens with two attached hydrogens (primary N) is 1. The quantitative estimate of drug-likeness (QED) is 0.831. The molecular formula is C18H30N4O2. The largest absolute Gasteiger partial charge is 0.444 e. The van der Waals surface area contributed by atoms with Crippen molar-refractivity contribution in [2.24, 2.45) is 0 Å². The van der Waals surface area contributed by atoms with Crippen LogP contribution in [-0.2, 0) is 4.74 Å². The molecular weight excluding hydrogens is 304 g/mol. The number of ether oxygens (including phenoxy) is 1. The van der Waals surface area contributed by atoms with Gasteiger partial charge in [-0.2, -0.15) is 0 Å². The monoisotopic (exact) mass is 334 g/mol. The lowest BCUT2D eigenvalue weighted by atomic mass is 10.0. The Hall–Kier alpha value is -1.95. The van der Waals surface area contributed by atoms with Crippen molar-refractivity contribution < 1.29 is 9.53 Å². The number of piperidine rings is 1. The van der Waals surface area contributed by atoms with Crippen LogP contribution in [-0.4, -0.2) is 49.8 Å². The first-order valence-corrected chi connectivity index (χ1v) is 8.46. The average Bonchev–Trinajstić information content (AvgIpc) is 2.46. The van der Waals surface area contributed by atoms with Gasteiger partial charge < -0.3 is 20.3 Å². The third-order valence-corrected chi connectivity index (χ3v) is 4.20. The van der Waals surface area contributed by atoms with Gasteiger partial charge in [-0.25, -0.2) is 4.79 Å². The zero-order valence-electron chi connectivity index (χ0n) is 15.4. The minimum atomic E-state index is -0.524. The number of hydrogen-bond acceptors (Lipinski definition) is 5. The number of likely N-dealkylation sites (N-methyl/N-ethyl adjacent to an activating group) is 2. The van der Waals surface area contributed by atoms with Gasteiger partial charge in [0.25, 0.3) is 0 Å². The van der Waals surface area contributed by atoms with Crippen LogP contribution >= 0.6 is 0 Å².